The lowest BCUT2D eigenvalue weighted by Crippen LogP contribution is -2.31. The maximum Gasteiger partial charge on any atom is 0.283 e. The number of anilines is 2. The molecule has 2 amide bonds. The van der Waals surface area contributed by atoms with Crippen LogP contribution in [0.5, 0.6) is 0 Å². The highest BCUT2D eigenvalue weighted by molar-refractivity contribution is 8.14. The third kappa shape index (κ3) is 5.37. The van der Waals surface area contributed by atoms with Gasteiger partial charge in [0.05, 0.1) is 23.4 Å². The number of nitrogens with one attached hydrogen (secondary N) is 1. The van der Waals surface area contributed by atoms with E-state index < -0.39 is 0 Å². The highest BCUT2D eigenvalue weighted by Crippen LogP contribution is 2.30. The van der Waals surface area contributed by atoms with Gasteiger partial charge in [0.25, 0.3) is 5.91 Å². The molecular weight excluding hydrogens is 504 g/mol. The molecule has 0 radical (unpaired) electrons. The molecule has 4 aromatic rings. The van der Waals surface area contributed by atoms with Gasteiger partial charge in [-0.2, -0.15) is 0 Å². The molecule has 7 nitrogen and oxygen atoms in total. The zero-order valence-corrected chi connectivity index (χ0v) is 20.4. The van der Waals surface area contributed by atoms with Crippen LogP contribution in [0, 0.1) is 0 Å². The van der Waals surface area contributed by atoms with E-state index in [4.69, 9.17) is 16.0 Å². The van der Waals surface area contributed by atoms with Crippen molar-refractivity contribution in [3.63, 3.8) is 0 Å². The maximum atomic E-state index is 13.1. The van der Waals surface area contributed by atoms with Crippen molar-refractivity contribution in [3.05, 3.63) is 94.9 Å². The molecule has 2 aromatic carbocycles. The molecule has 1 N–H and O–H groups in total. The third-order valence-electron chi connectivity index (χ3n) is 4.89. The average Bonchev–Trinajstić information content (AvgIpc) is 3.61. The maximum absolute atomic E-state index is 13.1. The molecule has 5 rings (SSSR count). The van der Waals surface area contributed by atoms with Gasteiger partial charge >= 0.3 is 0 Å². The van der Waals surface area contributed by atoms with Crippen LogP contribution < -0.4 is 10.2 Å². The van der Waals surface area contributed by atoms with Gasteiger partial charge in [-0.15, -0.1) is 11.3 Å². The first-order chi connectivity index (χ1) is 17.1. The van der Waals surface area contributed by atoms with Crippen molar-refractivity contribution >= 4 is 68.6 Å². The molecule has 1 aliphatic heterocycles. The number of aliphatic imine (C=N–C) groups is 1. The van der Waals surface area contributed by atoms with E-state index in [1.54, 1.807) is 30.3 Å². The SMILES string of the molecule is O=C(CSC1=NC(=Cc2ccco2)C(=O)N1c1ccccc1)Nc1nc(-c2ccc(Cl)cc2)cs1. The minimum atomic E-state index is -0.289. The molecule has 2 aromatic heterocycles. The van der Waals surface area contributed by atoms with Crippen molar-refractivity contribution in [2.24, 2.45) is 4.99 Å². The minimum Gasteiger partial charge on any atom is -0.465 e. The lowest BCUT2D eigenvalue weighted by atomic mass is 10.2. The summed E-state index contributed by atoms with van der Waals surface area (Å²) in [6.07, 6.45) is 3.11. The predicted octanol–water partition coefficient (Wildman–Crippen LogP) is 6.17. The number of halogens is 1. The number of thiazole rings is 1. The summed E-state index contributed by atoms with van der Waals surface area (Å²) in [7, 11) is 0. The van der Waals surface area contributed by atoms with Crippen LogP contribution in [-0.4, -0.2) is 27.7 Å². The summed E-state index contributed by atoms with van der Waals surface area (Å²) >= 11 is 8.45. The second-order valence-corrected chi connectivity index (χ2v) is 9.53. The Morgan fingerprint density at radius 1 is 1.11 bits per heavy atom. The zero-order valence-electron chi connectivity index (χ0n) is 18.1. The second-order valence-electron chi connectivity index (χ2n) is 7.30. The van der Waals surface area contributed by atoms with E-state index in [0.29, 0.717) is 26.8 Å². The van der Waals surface area contributed by atoms with Crippen molar-refractivity contribution in [1.82, 2.24) is 4.98 Å². The fourth-order valence-electron chi connectivity index (χ4n) is 3.28. The summed E-state index contributed by atoms with van der Waals surface area (Å²) in [4.78, 5) is 36.2. The van der Waals surface area contributed by atoms with Crippen molar-refractivity contribution in [2.45, 2.75) is 0 Å². The van der Waals surface area contributed by atoms with E-state index >= 15 is 0 Å². The predicted molar refractivity (Wildman–Crippen MR) is 142 cm³/mol. The summed E-state index contributed by atoms with van der Waals surface area (Å²) in [5.41, 5.74) is 2.57. The lowest BCUT2D eigenvalue weighted by molar-refractivity contribution is -0.114. The zero-order chi connectivity index (χ0) is 24.2. The first-order valence-electron chi connectivity index (χ1n) is 10.4. The molecule has 0 atom stereocenters. The van der Waals surface area contributed by atoms with E-state index in [2.05, 4.69) is 15.3 Å². The smallest absolute Gasteiger partial charge is 0.283 e. The van der Waals surface area contributed by atoms with Gasteiger partial charge in [-0.1, -0.05) is 53.7 Å². The Hall–Kier alpha value is -3.66. The van der Waals surface area contributed by atoms with Crippen LogP contribution in [0.1, 0.15) is 5.76 Å². The largest absolute Gasteiger partial charge is 0.465 e. The summed E-state index contributed by atoms with van der Waals surface area (Å²) in [5, 5.41) is 6.23. The molecule has 0 saturated heterocycles. The molecule has 0 spiro atoms. The standard InChI is InChI=1S/C25H17ClN4O3S2/c26-17-10-8-16(9-11-17)21-14-34-24(27-21)29-22(31)15-35-25-28-20(13-19-7-4-12-33-19)23(32)30(25)18-5-2-1-3-6-18/h1-14H,15H2,(H,27,29,31). The first kappa shape index (κ1) is 23.1. The molecule has 10 heteroatoms. The molecule has 0 saturated carbocycles. The Morgan fingerprint density at radius 3 is 2.66 bits per heavy atom. The van der Waals surface area contributed by atoms with Crippen LogP contribution in [0.3, 0.4) is 0 Å². The van der Waals surface area contributed by atoms with E-state index in [-0.39, 0.29) is 23.3 Å². The highest BCUT2D eigenvalue weighted by Gasteiger charge is 2.32. The van der Waals surface area contributed by atoms with E-state index in [1.165, 1.54) is 34.3 Å². The molecule has 35 heavy (non-hydrogen) atoms. The summed E-state index contributed by atoms with van der Waals surface area (Å²) in [5.74, 6) is 0.0373. The number of amides is 2. The Morgan fingerprint density at radius 2 is 1.91 bits per heavy atom. The first-order valence-corrected chi connectivity index (χ1v) is 12.7. The lowest BCUT2D eigenvalue weighted by Gasteiger charge is -2.17. The number of thioether (sulfide) groups is 1. The molecule has 0 bridgehead atoms. The normalized spacial score (nSPS) is 14.4. The molecule has 0 unspecified atom stereocenters. The Bertz CT molecular complexity index is 1410. The minimum absolute atomic E-state index is 0.0549. The van der Waals surface area contributed by atoms with Gasteiger partial charge in [-0.25, -0.2) is 9.98 Å². The number of carbonyl (C=O) groups excluding carboxylic acids is 2. The topological polar surface area (TPSA) is 87.8 Å². The van der Waals surface area contributed by atoms with Crippen LogP contribution >= 0.6 is 34.7 Å². The molecular formula is C25H17ClN4O3S2. The Kier molecular flexibility index (Phi) is 6.80. The molecule has 174 valence electrons. The number of aromatic nitrogens is 1. The van der Waals surface area contributed by atoms with Gasteiger partial charge in [0.15, 0.2) is 10.3 Å². The number of amidine groups is 1. The van der Waals surface area contributed by atoms with Crippen LogP contribution in [0.2, 0.25) is 5.02 Å². The number of carbonyl (C=O) groups is 2. The van der Waals surface area contributed by atoms with Crippen molar-refractivity contribution in [3.8, 4) is 11.3 Å². The number of hydrogen-bond donors (Lipinski definition) is 1. The molecule has 1 aliphatic rings. The number of benzene rings is 2. The van der Waals surface area contributed by atoms with Crippen LogP contribution in [0.15, 0.2) is 93.5 Å². The van der Waals surface area contributed by atoms with Gasteiger partial charge < -0.3 is 9.73 Å². The van der Waals surface area contributed by atoms with Crippen molar-refractivity contribution < 1.29 is 14.0 Å². The quantitative estimate of drug-likeness (QED) is 0.307. The van der Waals surface area contributed by atoms with Gasteiger partial charge in [0, 0.05) is 22.0 Å². The van der Waals surface area contributed by atoms with E-state index in [9.17, 15) is 9.59 Å². The van der Waals surface area contributed by atoms with Crippen molar-refractivity contribution in [1.29, 1.82) is 0 Å². The Labute approximate surface area is 214 Å². The van der Waals surface area contributed by atoms with Gasteiger partial charge in [-0.3, -0.25) is 14.5 Å². The summed E-state index contributed by atoms with van der Waals surface area (Å²) < 4.78 is 5.32. The second kappa shape index (κ2) is 10.3. The van der Waals surface area contributed by atoms with E-state index in [1.807, 2.05) is 47.8 Å². The molecule has 0 aliphatic carbocycles. The number of hydrogen-bond acceptors (Lipinski definition) is 7. The number of rotatable bonds is 6. The third-order valence-corrected chi connectivity index (χ3v) is 6.84. The highest BCUT2D eigenvalue weighted by atomic mass is 35.5. The van der Waals surface area contributed by atoms with Crippen LogP contribution in [-0.2, 0) is 9.59 Å². The summed E-state index contributed by atoms with van der Waals surface area (Å²) in [6, 6.07) is 20.0. The Balaban J connectivity index is 1.29. The number of nitrogens with zero attached hydrogens (tertiary/aromatic N) is 3. The monoisotopic (exact) mass is 520 g/mol. The van der Waals surface area contributed by atoms with Gasteiger partial charge in [-0.05, 0) is 36.4 Å². The molecule has 3 heterocycles. The van der Waals surface area contributed by atoms with Gasteiger partial charge in [0.2, 0.25) is 5.91 Å². The summed E-state index contributed by atoms with van der Waals surface area (Å²) in [6.45, 7) is 0. The van der Waals surface area contributed by atoms with Crippen molar-refractivity contribution in [2.75, 3.05) is 16.0 Å². The molecule has 0 fully saturated rings. The average molecular weight is 521 g/mol. The number of furan rings is 1. The van der Waals surface area contributed by atoms with Gasteiger partial charge in [0.1, 0.15) is 11.5 Å². The fourth-order valence-corrected chi connectivity index (χ4v) is 4.95. The van der Waals surface area contributed by atoms with Crippen LogP contribution in [0.25, 0.3) is 17.3 Å². The fraction of sp³-hybridized carbons (Fsp3) is 0.0400. The van der Waals surface area contributed by atoms with E-state index in [0.717, 1.165) is 11.3 Å². The van der Waals surface area contributed by atoms with Crippen LogP contribution in [0.4, 0.5) is 10.8 Å². The number of para-hydroxylation sites is 1.